The lowest BCUT2D eigenvalue weighted by atomic mass is 9.85. The van der Waals surface area contributed by atoms with Gasteiger partial charge in [-0.2, -0.15) is 0 Å². The van der Waals surface area contributed by atoms with Gasteiger partial charge in [-0.3, -0.25) is 0 Å². The summed E-state index contributed by atoms with van der Waals surface area (Å²) in [6, 6.07) is 5.76. The number of halogens is 1. The maximum Gasteiger partial charge on any atom is 0.350 e. The minimum Gasteiger partial charge on any atom is -0.493 e. The average molecular weight is 609 g/mol. The molecule has 0 radical (unpaired) electrons. The van der Waals surface area contributed by atoms with Crippen molar-refractivity contribution in [2.24, 2.45) is 0 Å². The Hall–Kier alpha value is -3.83. The minimum absolute atomic E-state index is 0.0726. The third-order valence-corrected chi connectivity index (χ3v) is 7.84. The predicted octanol–water partition coefficient (Wildman–Crippen LogP) is 4.17. The van der Waals surface area contributed by atoms with E-state index in [1.165, 1.54) is 0 Å². The molecule has 0 unspecified atom stereocenters. The van der Waals surface area contributed by atoms with Crippen LogP contribution in [0.3, 0.4) is 0 Å². The Labute approximate surface area is 251 Å². The number of quaternary nitrogens is 1. The molecule has 1 N–H and O–H groups in total. The van der Waals surface area contributed by atoms with Gasteiger partial charge in [-0.15, -0.1) is 0 Å². The number of hydrogen-bond donors (Lipinski definition) is 1. The Bertz CT molecular complexity index is 1300. The molecule has 2 aromatic carbocycles. The SMILES string of the molecule is COc1cc(C[C@@H]2c3c(cc(OC)c(OC)c3OC)CC[N@@+]2(C)CCCOC(=O)/C(Cl)=C/C(=O)O)cc(OC)c1OC. The molecule has 230 valence electrons. The van der Waals surface area contributed by atoms with Crippen LogP contribution in [0.4, 0.5) is 0 Å². The maximum absolute atomic E-state index is 12.1. The van der Waals surface area contributed by atoms with E-state index in [1.54, 1.807) is 42.7 Å². The molecule has 0 aliphatic carbocycles. The zero-order valence-electron chi connectivity index (χ0n) is 25.1. The van der Waals surface area contributed by atoms with E-state index in [9.17, 15) is 9.59 Å². The highest BCUT2D eigenvalue weighted by atomic mass is 35.5. The highest BCUT2D eigenvalue weighted by molar-refractivity contribution is 6.42. The van der Waals surface area contributed by atoms with E-state index in [4.69, 9.17) is 49.9 Å². The van der Waals surface area contributed by atoms with Crippen molar-refractivity contribution < 1.29 is 52.3 Å². The number of nitrogens with zero attached hydrogens (tertiary/aromatic N) is 1. The topological polar surface area (TPSA) is 119 Å². The van der Waals surface area contributed by atoms with Gasteiger partial charge in [0.25, 0.3) is 0 Å². The third kappa shape index (κ3) is 6.96. The molecule has 11 nitrogen and oxygen atoms in total. The summed E-state index contributed by atoms with van der Waals surface area (Å²) in [5.74, 6) is 1.11. The molecule has 0 saturated carbocycles. The van der Waals surface area contributed by atoms with Gasteiger partial charge in [-0.25, -0.2) is 9.59 Å². The lowest BCUT2D eigenvalue weighted by Gasteiger charge is -2.46. The predicted molar refractivity (Wildman–Crippen MR) is 155 cm³/mol. The van der Waals surface area contributed by atoms with E-state index in [2.05, 4.69) is 7.05 Å². The molecular formula is C30H39ClNO10+. The van der Waals surface area contributed by atoms with Gasteiger partial charge < -0.3 is 42.7 Å². The number of carboxylic acids is 1. The molecule has 42 heavy (non-hydrogen) atoms. The molecule has 2 atom stereocenters. The Morgan fingerprint density at radius 1 is 0.905 bits per heavy atom. The van der Waals surface area contributed by atoms with E-state index in [-0.39, 0.29) is 12.6 Å². The molecule has 0 aromatic heterocycles. The van der Waals surface area contributed by atoms with Crippen LogP contribution in [0.2, 0.25) is 0 Å². The first-order chi connectivity index (χ1) is 20.1. The fourth-order valence-corrected chi connectivity index (χ4v) is 5.69. The first-order valence-electron chi connectivity index (χ1n) is 13.3. The number of methoxy groups -OCH3 is 6. The summed E-state index contributed by atoms with van der Waals surface area (Å²) in [4.78, 5) is 22.9. The van der Waals surface area contributed by atoms with Crippen molar-refractivity contribution in [2.75, 3.05) is 69.4 Å². The quantitative estimate of drug-likeness (QED) is 0.145. The van der Waals surface area contributed by atoms with E-state index in [0.717, 1.165) is 29.7 Å². The smallest absolute Gasteiger partial charge is 0.350 e. The second-order valence-corrected chi connectivity index (χ2v) is 10.4. The van der Waals surface area contributed by atoms with Gasteiger partial charge in [0.1, 0.15) is 11.1 Å². The highest BCUT2D eigenvalue weighted by Crippen LogP contribution is 2.51. The van der Waals surface area contributed by atoms with Crippen molar-refractivity contribution in [1.82, 2.24) is 0 Å². The van der Waals surface area contributed by atoms with Crippen LogP contribution in [-0.2, 0) is 27.2 Å². The van der Waals surface area contributed by atoms with Crippen LogP contribution in [0.1, 0.15) is 29.2 Å². The van der Waals surface area contributed by atoms with Gasteiger partial charge in [0.2, 0.25) is 11.5 Å². The normalized spacial score (nSPS) is 18.0. The standard InChI is InChI=1S/C30H38ClNO10/c1-32(10-8-12-42-30(35)20(31)17-25(33)34)11-9-19-16-24(38-4)28(40-6)29(41-7)26(19)21(32)13-18-14-22(36-2)27(39-5)23(15-18)37-3/h14-17,21H,8-13H2,1-7H3/p+1/b20-17-/t21-,32-/m1/s1. The van der Waals surface area contributed by atoms with Crippen LogP contribution in [0.15, 0.2) is 29.3 Å². The lowest BCUT2D eigenvalue weighted by Crippen LogP contribution is -2.52. The molecule has 1 heterocycles. The van der Waals surface area contributed by atoms with Gasteiger partial charge in [-0.1, -0.05) is 11.6 Å². The number of carbonyl (C=O) groups excluding carboxylic acids is 1. The third-order valence-electron chi connectivity index (χ3n) is 7.58. The van der Waals surface area contributed by atoms with Crippen LogP contribution >= 0.6 is 11.6 Å². The summed E-state index contributed by atoms with van der Waals surface area (Å²) in [6.07, 6.45) is 2.46. The highest BCUT2D eigenvalue weighted by Gasteiger charge is 2.43. The van der Waals surface area contributed by atoms with Crippen LogP contribution in [-0.4, -0.2) is 90.9 Å². The number of fused-ring (bicyclic) bond motifs is 1. The molecule has 3 rings (SSSR count). The molecule has 12 heteroatoms. The summed E-state index contributed by atoms with van der Waals surface area (Å²) in [7, 11) is 11.7. The summed E-state index contributed by atoms with van der Waals surface area (Å²) >= 11 is 5.75. The number of ether oxygens (including phenoxy) is 7. The molecule has 1 aliphatic rings. The van der Waals surface area contributed by atoms with Gasteiger partial charge in [-0.05, 0) is 29.3 Å². The van der Waals surface area contributed by atoms with Gasteiger partial charge in [0.15, 0.2) is 23.0 Å². The number of benzene rings is 2. The molecule has 1 aliphatic heterocycles. The monoisotopic (exact) mass is 608 g/mol. The van der Waals surface area contributed by atoms with Crippen molar-refractivity contribution >= 4 is 23.5 Å². The van der Waals surface area contributed by atoms with E-state index < -0.39 is 17.0 Å². The van der Waals surface area contributed by atoms with Crippen LogP contribution < -0.4 is 28.4 Å². The van der Waals surface area contributed by atoms with Crippen molar-refractivity contribution in [3.05, 3.63) is 46.0 Å². The Balaban J connectivity index is 2.04. The maximum atomic E-state index is 12.1. The van der Waals surface area contributed by atoms with Gasteiger partial charge in [0, 0.05) is 25.3 Å². The van der Waals surface area contributed by atoms with Crippen molar-refractivity contribution in [3.63, 3.8) is 0 Å². The average Bonchev–Trinajstić information content (AvgIpc) is 2.98. The number of likely N-dealkylation sites (N-methyl/N-ethyl adjacent to an activating group) is 1. The molecule has 0 amide bonds. The molecule has 0 fully saturated rings. The second kappa shape index (κ2) is 14.4. The van der Waals surface area contributed by atoms with E-state index >= 15 is 0 Å². The van der Waals surface area contributed by atoms with Gasteiger partial charge in [0.05, 0.1) is 75.0 Å². The Kier molecular flexibility index (Phi) is 11.2. The zero-order valence-corrected chi connectivity index (χ0v) is 25.8. The first-order valence-corrected chi connectivity index (χ1v) is 13.7. The molecule has 0 bridgehead atoms. The molecule has 0 saturated heterocycles. The fraction of sp³-hybridized carbons (Fsp3) is 0.467. The Morgan fingerprint density at radius 2 is 1.48 bits per heavy atom. The van der Waals surface area contributed by atoms with Crippen LogP contribution in [0.5, 0.6) is 34.5 Å². The largest absolute Gasteiger partial charge is 0.493 e. The van der Waals surface area contributed by atoms with E-state index in [0.29, 0.717) is 64.4 Å². The lowest BCUT2D eigenvalue weighted by molar-refractivity contribution is -0.941. The number of rotatable bonds is 14. The Morgan fingerprint density at radius 3 is 2.00 bits per heavy atom. The second-order valence-electron chi connectivity index (χ2n) is 9.97. The minimum atomic E-state index is -1.32. The summed E-state index contributed by atoms with van der Waals surface area (Å²) < 4.78 is 39.9. The van der Waals surface area contributed by atoms with Crippen molar-refractivity contribution in [3.8, 4) is 34.5 Å². The summed E-state index contributed by atoms with van der Waals surface area (Å²) in [5, 5.41) is 8.34. The number of carboxylic acid groups (broad SMARTS) is 1. The molecular weight excluding hydrogens is 570 g/mol. The number of carbonyl (C=O) groups is 2. The number of aliphatic carboxylic acids is 1. The number of hydrogen-bond acceptors (Lipinski definition) is 9. The zero-order chi connectivity index (χ0) is 31.0. The number of esters is 1. The summed E-state index contributed by atoms with van der Waals surface area (Å²) in [5.41, 5.74) is 3.05. The van der Waals surface area contributed by atoms with Gasteiger partial charge >= 0.3 is 11.9 Å². The van der Waals surface area contributed by atoms with Crippen LogP contribution in [0.25, 0.3) is 0 Å². The van der Waals surface area contributed by atoms with Crippen molar-refractivity contribution in [2.45, 2.75) is 25.3 Å². The molecule has 2 aromatic rings. The van der Waals surface area contributed by atoms with E-state index in [1.807, 2.05) is 18.2 Å². The van der Waals surface area contributed by atoms with Crippen LogP contribution in [0, 0.1) is 0 Å². The van der Waals surface area contributed by atoms with Crippen molar-refractivity contribution in [1.29, 1.82) is 0 Å². The molecule has 0 spiro atoms. The fourth-order valence-electron chi connectivity index (χ4n) is 5.54. The summed E-state index contributed by atoms with van der Waals surface area (Å²) in [6.45, 7) is 1.50. The first kappa shape index (κ1) is 32.7.